The van der Waals surface area contributed by atoms with Gasteiger partial charge in [-0.3, -0.25) is 9.59 Å². The summed E-state index contributed by atoms with van der Waals surface area (Å²) in [5.74, 6) is 1.30. The topological polar surface area (TPSA) is 71.6 Å². The van der Waals surface area contributed by atoms with Gasteiger partial charge in [0.2, 0.25) is 5.91 Å². The first kappa shape index (κ1) is 18.5. The third kappa shape index (κ3) is 4.11. The largest absolute Gasteiger partial charge is 0.497 e. The lowest BCUT2D eigenvalue weighted by Crippen LogP contribution is -2.30. The maximum absolute atomic E-state index is 12.5. The molecule has 2 aromatic carbocycles. The van der Waals surface area contributed by atoms with Gasteiger partial charge < -0.3 is 19.4 Å². The van der Waals surface area contributed by atoms with Gasteiger partial charge in [-0.05, 0) is 30.3 Å². The molecular weight excluding hydrogens is 344 g/mol. The Morgan fingerprint density at radius 3 is 2.44 bits per heavy atom. The second-order valence-electron chi connectivity index (χ2n) is 6.26. The third-order valence-corrected chi connectivity index (χ3v) is 4.49. The molecule has 6 nitrogen and oxygen atoms in total. The van der Waals surface area contributed by atoms with Crippen molar-refractivity contribution in [1.82, 2.24) is 9.88 Å². The van der Waals surface area contributed by atoms with Crippen molar-refractivity contribution in [3.63, 3.8) is 0 Å². The Morgan fingerprint density at radius 2 is 1.74 bits per heavy atom. The zero-order valence-electron chi connectivity index (χ0n) is 15.6. The van der Waals surface area contributed by atoms with Crippen molar-refractivity contribution in [2.24, 2.45) is 0 Å². The van der Waals surface area contributed by atoms with Gasteiger partial charge in [-0.15, -0.1) is 0 Å². The van der Waals surface area contributed by atoms with Gasteiger partial charge in [-0.25, -0.2) is 0 Å². The highest BCUT2D eigenvalue weighted by Crippen LogP contribution is 2.22. The number of para-hydroxylation sites is 1. The second-order valence-corrected chi connectivity index (χ2v) is 6.26. The number of pyridine rings is 1. The standard InChI is InChI=1S/C21H22N2O4/c1-14(24)23(12-15-6-4-5-7-20(15)27-3)13-17-10-16-11-18(26-2)8-9-19(16)22-21(17)25/h4-11H,12-13H2,1-3H3,(H,22,25). The summed E-state index contributed by atoms with van der Waals surface area (Å²) in [6, 6.07) is 14.8. The van der Waals surface area contributed by atoms with E-state index in [1.807, 2.05) is 30.3 Å². The Kier molecular flexibility index (Phi) is 5.45. The minimum atomic E-state index is -0.209. The monoisotopic (exact) mass is 366 g/mol. The number of nitrogens with zero attached hydrogens (tertiary/aromatic N) is 1. The van der Waals surface area contributed by atoms with Crippen LogP contribution in [0.4, 0.5) is 0 Å². The highest BCUT2D eigenvalue weighted by Gasteiger charge is 2.15. The van der Waals surface area contributed by atoms with Crippen molar-refractivity contribution in [3.8, 4) is 11.5 Å². The fourth-order valence-electron chi connectivity index (χ4n) is 3.00. The fraction of sp³-hybridized carbons (Fsp3) is 0.238. The number of hydrogen-bond donors (Lipinski definition) is 1. The van der Waals surface area contributed by atoms with Gasteiger partial charge in [-0.2, -0.15) is 0 Å². The number of fused-ring (bicyclic) bond motifs is 1. The van der Waals surface area contributed by atoms with Crippen molar-refractivity contribution in [1.29, 1.82) is 0 Å². The van der Waals surface area contributed by atoms with E-state index in [4.69, 9.17) is 9.47 Å². The molecule has 1 aromatic heterocycles. The van der Waals surface area contributed by atoms with Crippen molar-refractivity contribution in [3.05, 3.63) is 70.0 Å². The van der Waals surface area contributed by atoms with Gasteiger partial charge in [0.15, 0.2) is 0 Å². The molecule has 1 N–H and O–H groups in total. The van der Waals surface area contributed by atoms with Crippen LogP contribution in [0.3, 0.4) is 0 Å². The number of nitrogens with one attached hydrogen (secondary N) is 1. The molecule has 27 heavy (non-hydrogen) atoms. The summed E-state index contributed by atoms with van der Waals surface area (Å²) >= 11 is 0. The predicted molar refractivity (Wildman–Crippen MR) is 104 cm³/mol. The summed E-state index contributed by atoms with van der Waals surface area (Å²) in [5.41, 5.74) is 1.91. The Morgan fingerprint density at radius 1 is 1.00 bits per heavy atom. The molecule has 0 radical (unpaired) electrons. The lowest BCUT2D eigenvalue weighted by atomic mass is 10.1. The van der Waals surface area contributed by atoms with E-state index < -0.39 is 0 Å². The van der Waals surface area contributed by atoms with E-state index in [0.717, 1.165) is 16.5 Å². The van der Waals surface area contributed by atoms with Gasteiger partial charge >= 0.3 is 0 Å². The minimum absolute atomic E-state index is 0.119. The van der Waals surface area contributed by atoms with E-state index in [9.17, 15) is 9.59 Å². The summed E-state index contributed by atoms with van der Waals surface area (Å²) < 4.78 is 10.6. The van der Waals surface area contributed by atoms with E-state index in [2.05, 4.69) is 4.98 Å². The molecule has 0 aliphatic carbocycles. The zero-order valence-corrected chi connectivity index (χ0v) is 15.6. The van der Waals surface area contributed by atoms with E-state index in [1.165, 1.54) is 6.92 Å². The van der Waals surface area contributed by atoms with Gasteiger partial charge in [0, 0.05) is 35.5 Å². The van der Waals surface area contributed by atoms with Crippen LogP contribution in [0.15, 0.2) is 53.3 Å². The number of rotatable bonds is 6. The van der Waals surface area contributed by atoms with Crippen LogP contribution in [0.2, 0.25) is 0 Å². The summed E-state index contributed by atoms with van der Waals surface area (Å²) in [6.07, 6.45) is 0. The smallest absolute Gasteiger partial charge is 0.253 e. The third-order valence-electron chi connectivity index (χ3n) is 4.49. The van der Waals surface area contributed by atoms with Gasteiger partial charge in [0.1, 0.15) is 11.5 Å². The van der Waals surface area contributed by atoms with E-state index in [0.29, 0.717) is 23.6 Å². The van der Waals surface area contributed by atoms with Crippen LogP contribution in [0, 0.1) is 0 Å². The van der Waals surface area contributed by atoms with Gasteiger partial charge in [0.25, 0.3) is 5.56 Å². The van der Waals surface area contributed by atoms with Crippen LogP contribution >= 0.6 is 0 Å². The van der Waals surface area contributed by atoms with E-state index in [-0.39, 0.29) is 18.0 Å². The number of hydrogen-bond acceptors (Lipinski definition) is 4. The highest BCUT2D eigenvalue weighted by molar-refractivity contribution is 5.80. The lowest BCUT2D eigenvalue weighted by Gasteiger charge is -2.22. The number of carbonyl (C=O) groups is 1. The summed E-state index contributed by atoms with van der Waals surface area (Å²) in [5, 5.41) is 0.852. The number of methoxy groups -OCH3 is 2. The molecule has 0 fully saturated rings. The second kappa shape index (κ2) is 7.95. The van der Waals surface area contributed by atoms with Crippen molar-refractivity contribution < 1.29 is 14.3 Å². The van der Waals surface area contributed by atoms with Crippen LogP contribution in [0.25, 0.3) is 10.9 Å². The highest BCUT2D eigenvalue weighted by atomic mass is 16.5. The fourth-order valence-corrected chi connectivity index (χ4v) is 3.00. The Labute approximate surface area is 157 Å². The molecule has 0 saturated carbocycles. The first-order valence-corrected chi connectivity index (χ1v) is 8.59. The molecule has 0 spiro atoms. The predicted octanol–water partition coefficient (Wildman–Crippen LogP) is 3.09. The number of benzene rings is 2. The van der Waals surface area contributed by atoms with Crippen molar-refractivity contribution in [2.45, 2.75) is 20.0 Å². The summed E-state index contributed by atoms with van der Waals surface area (Å²) in [6.45, 7) is 2.05. The number of ether oxygens (including phenoxy) is 2. The maximum Gasteiger partial charge on any atom is 0.253 e. The average molecular weight is 366 g/mol. The molecule has 0 saturated heterocycles. The number of aromatic nitrogens is 1. The van der Waals surface area contributed by atoms with E-state index >= 15 is 0 Å². The molecule has 0 aliphatic rings. The molecule has 0 aliphatic heterocycles. The Balaban J connectivity index is 1.93. The molecule has 0 bridgehead atoms. The molecule has 1 amide bonds. The Bertz CT molecular complexity index is 1030. The number of amides is 1. The molecule has 6 heteroatoms. The van der Waals surface area contributed by atoms with Crippen LogP contribution in [0.1, 0.15) is 18.1 Å². The summed E-state index contributed by atoms with van der Waals surface area (Å²) in [7, 11) is 3.19. The lowest BCUT2D eigenvalue weighted by molar-refractivity contribution is -0.130. The SMILES string of the molecule is COc1ccc2[nH]c(=O)c(CN(Cc3ccccc3OC)C(C)=O)cc2c1. The number of carbonyl (C=O) groups excluding carboxylic acids is 1. The van der Waals surface area contributed by atoms with Crippen LogP contribution in [-0.2, 0) is 17.9 Å². The van der Waals surface area contributed by atoms with Gasteiger partial charge in [0.05, 0.1) is 20.8 Å². The van der Waals surface area contributed by atoms with Gasteiger partial charge in [-0.1, -0.05) is 18.2 Å². The molecule has 3 aromatic rings. The minimum Gasteiger partial charge on any atom is -0.497 e. The number of H-pyrrole nitrogens is 1. The quantitative estimate of drug-likeness (QED) is 0.728. The zero-order chi connectivity index (χ0) is 19.4. The average Bonchev–Trinajstić information content (AvgIpc) is 2.67. The van der Waals surface area contributed by atoms with Crippen LogP contribution in [0.5, 0.6) is 11.5 Å². The molecule has 1 heterocycles. The van der Waals surface area contributed by atoms with Crippen LogP contribution < -0.4 is 15.0 Å². The van der Waals surface area contributed by atoms with E-state index in [1.54, 1.807) is 37.3 Å². The van der Waals surface area contributed by atoms with Crippen LogP contribution in [-0.4, -0.2) is 30.0 Å². The number of aromatic amines is 1. The first-order chi connectivity index (χ1) is 13.0. The molecule has 3 rings (SSSR count). The van der Waals surface area contributed by atoms with Crippen molar-refractivity contribution in [2.75, 3.05) is 14.2 Å². The molecule has 0 unspecified atom stereocenters. The molecule has 0 atom stereocenters. The molecular formula is C21H22N2O4. The first-order valence-electron chi connectivity index (χ1n) is 8.59. The van der Waals surface area contributed by atoms with Crippen molar-refractivity contribution >= 4 is 16.8 Å². The maximum atomic E-state index is 12.5. The Hall–Kier alpha value is -3.28. The normalized spacial score (nSPS) is 10.6. The summed E-state index contributed by atoms with van der Waals surface area (Å²) in [4.78, 5) is 29.1. The molecule has 140 valence electrons.